The second-order valence-corrected chi connectivity index (χ2v) is 6.35. The molecule has 0 saturated carbocycles. The number of rotatable bonds is 4. The van der Waals surface area contributed by atoms with Crippen molar-refractivity contribution < 1.29 is 9.90 Å². The Balaban J connectivity index is 1.94. The first-order chi connectivity index (χ1) is 9.04. The van der Waals surface area contributed by atoms with Gasteiger partial charge >= 0.3 is 5.97 Å². The van der Waals surface area contributed by atoms with Gasteiger partial charge in [-0.3, -0.25) is 9.69 Å². The molecule has 1 aromatic carbocycles. The lowest BCUT2D eigenvalue weighted by Crippen LogP contribution is -2.35. The number of hydrogen-bond acceptors (Lipinski definition) is 2. The summed E-state index contributed by atoms with van der Waals surface area (Å²) in [7, 11) is 0. The van der Waals surface area contributed by atoms with Crippen molar-refractivity contribution in [3.8, 4) is 0 Å². The Morgan fingerprint density at radius 1 is 1.53 bits per heavy atom. The van der Waals surface area contributed by atoms with Gasteiger partial charge in [0.05, 0.1) is 5.02 Å². The summed E-state index contributed by atoms with van der Waals surface area (Å²) >= 11 is 9.41. The molecule has 1 aliphatic rings. The van der Waals surface area contributed by atoms with E-state index in [0.29, 0.717) is 5.02 Å². The molecule has 1 saturated heterocycles. The van der Waals surface area contributed by atoms with Crippen molar-refractivity contribution in [2.75, 3.05) is 13.1 Å². The summed E-state index contributed by atoms with van der Waals surface area (Å²) in [5.41, 5.74) is 1.20. The van der Waals surface area contributed by atoms with E-state index < -0.39 is 5.97 Å². The fourth-order valence-electron chi connectivity index (χ4n) is 2.60. The van der Waals surface area contributed by atoms with Crippen molar-refractivity contribution in [3.63, 3.8) is 0 Å². The zero-order chi connectivity index (χ0) is 13.8. The van der Waals surface area contributed by atoms with Gasteiger partial charge in [-0.1, -0.05) is 17.7 Å². The average molecular weight is 347 g/mol. The fourth-order valence-corrected chi connectivity index (χ4v) is 3.15. The largest absolute Gasteiger partial charge is 0.481 e. The van der Waals surface area contributed by atoms with E-state index >= 15 is 0 Å². The summed E-state index contributed by atoms with van der Waals surface area (Å²) in [5, 5.41) is 9.58. The highest BCUT2D eigenvalue weighted by atomic mass is 79.9. The molecule has 5 heteroatoms. The molecule has 0 aromatic heterocycles. The normalized spacial score (nSPS) is 20.4. The van der Waals surface area contributed by atoms with Gasteiger partial charge in [-0.25, -0.2) is 0 Å². The third-order valence-corrected chi connectivity index (χ3v) is 4.67. The summed E-state index contributed by atoms with van der Waals surface area (Å²) < 4.78 is 0.908. The SMILES string of the molecule is O=C(O)CC1CCCN(Cc2ccc(Cl)c(Br)c2)C1. The minimum atomic E-state index is -0.693. The third kappa shape index (κ3) is 4.48. The molecule has 1 unspecified atom stereocenters. The van der Waals surface area contributed by atoms with Crippen LogP contribution in [0.15, 0.2) is 22.7 Å². The number of nitrogens with zero attached hydrogens (tertiary/aromatic N) is 1. The molecule has 1 aromatic rings. The zero-order valence-electron chi connectivity index (χ0n) is 10.6. The van der Waals surface area contributed by atoms with Gasteiger partial charge in [0.25, 0.3) is 0 Å². The van der Waals surface area contributed by atoms with Gasteiger partial charge in [-0.15, -0.1) is 0 Å². The van der Waals surface area contributed by atoms with Crippen LogP contribution in [-0.2, 0) is 11.3 Å². The lowest BCUT2D eigenvalue weighted by molar-refractivity contribution is -0.138. The van der Waals surface area contributed by atoms with Crippen LogP contribution in [0.3, 0.4) is 0 Å². The predicted molar refractivity (Wildman–Crippen MR) is 79.4 cm³/mol. The van der Waals surface area contributed by atoms with Crippen molar-refractivity contribution in [3.05, 3.63) is 33.3 Å². The van der Waals surface area contributed by atoms with Crippen LogP contribution in [-0.4, -0.2) is 29.1 Å². The number of carboxylic acids is 1. The zero-order valence-corrected chi connectivity index (χ0v) is 13.0. The fraction of sp³-hybridized carbons (Fsp3) is 0.500. The van der Waals surface area contributed by atoms with Crippen LogP contribution in [0.2, 0.25) is 5.02 Å². The van der Waals surface area contributed by atoms with E-state index in [4.69, 9.17) is 16.7 Å². The minimum Gasteiger partial charge on any atom is -0.481 e. The van der Waals surface area contributed by atoms with E-state index in [-0.39, 0.29) is 12.3 Å². The van der Waals surface area contributed by atoms with E-state index in [0.717, 1.165) is 36.9 Å². The maximum Gasteiger partial charge on any atom is 0.303 e. The van der Waals surface area contributed by atoms with Gasteiger partial charge in [0.2, 0.25) is 0 Å². The van der Waals surface area contributed by atoms with Crippen LogP contribution < -0.4 is 0 Å². The second kappa shape index (κ2) is 6.73. The Kier molecular flexibility index (Phi) is 5.25. The predicted octanol–water partition coefficient (Wildman–Crippen LogP) is 3.79. The molecule has 0 aliphatic carbocycles. The molecule has 1 aliphatic heterocycles. The van der Waals surface area contributed by atoms with E-state index in [1.165, 1.54) is 5.56 Å². The van der Waals surface area contributed by atoms with Gasteiger partial charge in [0, 0.05) is 24.0 Å². The number of likely N-dealkylation sites (tertiary alicyclic amines) is 1. The van der Waals surface area contributed by atoms with Crippen LogP contribution in [0.4, 0.5) is 0 Å². The van der Waals surface area contributed by atoms with Crippen molar-refractivity contribution in [1.29, 1.82) is 0 Å². The highest BCUT2D eigenvalue weighted by molar-refractivity contribution is 9.10. The molecule has 104 valence electrons. The Hall–Kier alpha value is -0.580. The average Bonchev–Trinajstić information content (AvgIpc) is 2.33. The first-order valence-corrected chi connectivity index (χ1v) is 7.60. The van der Waals surface area contributed by atoms with Crippen molar-refractivity contribution in [1.82, 2.24) is 4.90 Å². The first kappa shape index (κ1) is 14.8. The summed E-state index contributed by atoms with van der Waals surface area (Å²) in [6.07, 6.45) is 2.38. The molecule has 0 radical (unpaired) electrons. The standard InChI is InChI=1S/C14H17BrClNO2/c15-12-6-11(3-4-13(12)16)9-17-5-1-2-10(8-17)7-14(18)19/h3-4,6,10H,1-2,5,7-9H2,(H,18,19). The van der Waals surface area contributed by atoms with E-state index in [1.54, 1.807) is 0 Å². The molecule has 3 nitrogen and oxygen atoms in total. The highest BCUT2D eigenvalue weighted by Gasteiger charge is 2.22. The van der Waals surface area contributed by atoms with Crippen LogP contribution in [0.5, 0.6) is 0 Å². The number of aliphatic carboxylic acids is 1. The maximum absolute atomic E-state index is 10.8. The van der Waals surface area contributed by atoms with Crippen molar-refractivity contribution in [2.24, 2.45) is 5.92 Å². The Bertz CT molecular complexity index is 467. The lowest BCUT2D eigenvalue weighted by Gasteiger charge is -2.32. The van der Waals surface area contributed by atoms with Gasteiger partial charge in [0.1, 0.15) is 0 Å². The van der Waals surface area contributed by atoms with Crippen LogP contribution in [0.25, 0.3) is 0 Å². The Labute approximate surface area is 126 Å². The number of carbonyl (C=O) groups is 1. The molecule has 1 atom stereocenters. The smallest absolute Gasteiger partial charge is 0.303 e. The minimum absolute atomic E-state index is 0.279. The summed E-state index contributed by atoms with van der Waals surface area (Å²) in [4.78, 5) is 13.1. The van der Waals surface area contributed by atoms with E-state index in [9.17, 15) is 4.79 Å². The van der Waals surface area contributed by atoms with Gasteiger partial charge in [-0.2, -0.15) is 0 Å². The molecule has 1 N–H and O–H groups in total. The quantitative estimate of drug-likeness (QED) is 0.902. The number of piperidine rings is 1. The highest BCUT2D eigenvalue weighted by Crippen LogP contribution is 2.25. The maximum atomic E-state index is 10.8. The molecule has 1 fully saturated rings. The van der Waals surface area contributed by atoms with Crippen LogP contribution >= 0.6 is 27.5 Å². The van der Waals surface area contributed by atoms with E-state index in [1.807, 2.05) is 18.2 Å². The number of carboxylic acid groups (broad SMARTS) is 1. The van der Waals surface area contributed by atoms with Crippen molar-refractivity contribution >= 4 is 33.5 Å². The van der Waals surface area contributed by atoms with Gasteiger partial charge in [-0.05, 0) is 58.9 Å². The summed E-state index contributed by atoms with van der Waals surface area (Å²) in [6, 6.07) is 5.94. The van der Waals surface area contributed by atoms with E-state index in [2.05, 4.69) is 20.8 Å². The second-order valence-electron chi connectivity index (χ2n) is 5.09. The molecule has 2 rings (SSSR count). The number of hydrogen-bond donors (Lipinski definition) is 1. The Morgan fingerprint density at radius 3 is 3.00 bits per heavy atom. The topological polar surface area (TPSA) is 40.5 Å². The van der Waals surface area contributed by atoms with Gasteiger partial charge < -0.3 is 5.11 Å². The Morgan fingerprint density at radius 2 is 2.32 bits per heavy atom. The third-order valence-electron chi connectivity index (χ3n) is 3.46. The summed E-state index contributed by atoms with van der Waals surface area (Å²) in [5.74, 6) is -0.414. The van der Waals surface area contributed by atoms with Crippen LogP contribution in [0.1, 0.15) is 24.8 Å². The van der Waals surface area contributed by atoms with Gasteiger partial charge in [0.15, 0.2) is 0 Å². The number of benzene rings is 1. The summed E-state index contributed by atoms with van der Waals surface area (Å²) in [6.45, 7) is 2.76. The molecule has 19 heavy (non-hydrogen) atoms. The molecule has 0 amide bonds. The number of halogens is 2. The molecular formula is C14H17BrClNO2. The molecule has 1 heterocycles. The van der Waals surface area contributed by atoms with Crippen LogP contribution in [0, 0.1) is 5.92 Å². The van der Waals surface area contributed by atoms with Crippen molar-refractivity contribution in [2.45, 2.75) is 25.8 Å². The molecule has 0 bridgehead atoms. The first-order valence-electron chi connectivity index (χ1n) is 6.42. The molecule has 0 spiro atoms. The molecular weight excluding hydrogens is 330 g/mol. The monoisotopic (exact) mass is 345 g/mol. The lowest BCUT2D eigenvalue weighted by atomic mass is 9.94.